The first-order valence-electron chi connectivity index (χ1n) is 6.90. The van der Waals surface area contributed by atoms with Crippen LogP contribution in [0.5, 0.6) is 0 Å². The molecule has 0 spiro atoms. The fraction of sp³-hybridized carbons (Fsp3) is 0.400. The van der Waals surface area contributed by atoms with E-state index < -0.39 is 0 Å². The summed E-state index contributed by atoms with van der Waals surface area (Å²) in [5.74, 6) is 0.846. The average Bonchev–Trinajstić information content (AvgIpc) is 3.11. The van der Waals surface area contributed by atoms with Crippen LogP contribution < -0.4 is 10.6 Å². The van der Waals surface area contributed by atoms with E-state index in [1.54, 1.807) is 17.6 Å². The molecule has 0 fully saturated rings. The zero-order valence-corrected chi connectivity index (χ0v) is 13.2. The molecule has 1 unspecified atom stereocenters. The van der Waals surface area contributed by atoms with Gasteiger partial charge in [-0.05, 0) is 44.1 Å². The number of carbonyl (C=O) groups excluding carboxylic acids is 1. The van der Waals surface area contributed by atoms with Gasteiger partial charge in [-0.25, -0.2) is 4.79 Å². The van der Waals surface area contributed by atoms with E-state index in [2.05, 4.69) is 16.7 Å². The summed E-state index contributed by atoms with van der Waals surface area (Å²) in [7, 11) is 3.92. The van der Waals surface area contributed by atoms with Gasteiger partial charge in [-0.2, -0.15) is 0 Å². The zero-order chi connectivity index (χ0) is 15.1. The van der Waals surface area contributed by atoms with Crippen LogP contribution in [0.3, 0.4) is 0 Å². The van der Waals surface area contributed by atoms with E-state index in [-0.39, 0.29) is 12.1 Å². The molecule has 5 nitrogen and oxygen atoms in total. The van der Waals surface area contributed by atoms with Gasteiger partial charge in [0.25, 0.3) is 0 Å². The van der Waals surface area contributed by atoms with E-state index in [0.717, 1.165) is 12.2 Å². The van der Waals surface area contributed by atoms with Crippen LogP contribution in [-0.4, -0.2) is 38.1 Å². The Bertz CT molecular complexity index is 523. The third kappa shape index (κ3) is 4.91. The highest BCUT2D eigenvalue weighted by atomic mass is 32.1. The van der Waals surface area contributed by atoms with E-state index in [1.165, 1.54) is 4.88 Å². The number of amides is 2. The number of thiophene rings is 1. The van der Waals surface area contributed by atoms with E-state index in [1.807, 2.05) is 42.6 Å². The summed E-state index contributed by atoms with van der Waals surface area (Å²) in [4.78, 5) is 15.1. The van der Waals surface area contributed by atoms with E-state index in [9.17, 15) is 4.79 Å². The highest BCUT2D eigenvalue weighted by Gasteiger charge is 2.17. The third-order valence-electron chi connectivity index (χ3n) is 3.19. The number of nitrogens with one attached hydrogen (secondary N) is 2. The molecule has 0 bridgehead atoms. The molecule has 114 valence electrons. The van der Waals surface area contributed by atoms with Gasteiger partial charge in [0.15, 0.2) is 0 Å². The Balaban J connectivity index is 1.72. The molecule has 2 amide bonds. The van der Waals surface area contributed by atoms with Crippen molar-refractivity contribution in [1.29, 1.82) is 0 Å². The highest BCUT2D eigenvalue weighted by molar-refractivity contribution is 7.09. The maximum absolute atomic E-state index is 11.8. The summed E-state index contributed by atoms with van der Waals surface area (Å²) in [6.45, 7) is 1.14. The molecule has 2 N–H and O–H groups in total. The minimum atomic E-state index is -0.148. The van der Waals surface area contributed by atoms with Crippen molar-refractivity contribution in [3.8, 4) is 0 Å². The molecule has 2 heterocycles. The van der Waals surface area contributed by atoms with Gasteiger partial charge in [0.05, 0.1) is 12.3 Å². The molecule has 0 saturated carbocycles. The Labute approximate surface area is 128 Å². The van der Waals surface area contributed by atoms with Gasteiger partial charge in [-0.1, -0.05) is 6.07 Å². The molecular formula is C15H21N3O2S. The standard InChI is InChI=1S/C15H21N3O2S/c1-18(2)13(14-6-3-9-20-14)11-17-15(19)16-8-7-12-5-4-10-21-12/h3-6,9-10,13H,7-8,11H2,1-2H3,(H2,16,17,19). The molecule has 0 saturated heterocycles. The lowest BCUT2D eigenvalue weighted by molar-refractivity contribution is 0.225. The Hall–Kier alpha value is -1.79. The fourth-order valence-electron chi connectivity index (χ4n) is 2.02. The number of carbonyl (C=O) groups is 1. The fourth-order valence-corrected chi connectivity index (χ4v) is 2.73. The Morgan fingerprint density at radius 2 is 2.19 bits per heavy atom. The Morgan fingerprint density at radius 3 is 2.81 bits per heavy atom. The van der Waals surface area contributed by atoms with Crippen LogP contribution in [0.1, 0.15) is 16.7 Å². The molecule has 2 aromatic rings. The summed E-state index contributed by atoms with van der Waals surface area (Å²) >= 11 is 1.70. The Morgan fingerprint density at radius 1 is 1.33 bits per heavy atom. The van der Waals surface area contributed by atoms with E-state index in [0.29, 0.717) is 13.1 Å². The zero-order valence-electron chi connectivity index (χ0n) is 12.3. The van der Waals surface area contributed by atoms with Crippen molar-refractivity contribution in [3.63, 3.8) is 0 Å². The maximum Gasteiger partial charge on any atom is 0.314 e. The van der Waals surface area contributed by atoms with Gasteiger partial charge in [-0.15, -0.1) is 11.3 Å². The molecule has 21 heavy (non-hydrogen) atoms. The second-order valence-corrected chi connectivity index (χ2v) is 5.99. The minimum Gasteiger partial charge on any atom is -0.468 e. The van der Waals surface area contributed by atoms with Crippen LogP contribution in [0.15, 0.2) is 40.3 Å². The quantitative estimate of drug-likeness (QED) is 0.826. The average molecular weight is 307 g/mol. The number of furan rings is 1. The number of rotatable bonds is 7. The van der Waals surface area contributed by atoms with Gasteiger partial charge in [0, 0.05) is 18.0 Å². The third-order valence-corrected chi connectivity index (χ3v) is 4.12. The van der Waals surface area contributed by atoms with Gasteiger partial charge in [0.2, 0.25) is 0 Å². The normalized spacial score (nSPS) is 12.3. The number of urea groups is 1. The van der Waals surface area contributed by atoms with Gasteiger partial charge < -0.3 is 15.1 Å². The molecular weight excluding hydrogens is 286 g/mol. The van der Waals surface area contributed by atoms with Crippen molar-refractivity contribution < 1.29 is 9.21 Å². The lowest BCUT2D eigenvalue weighted by atomic mass is 10.2. The lowest BCUT2D eigenvalue weighted by Crippen LogP contribution is -2.41. The molecule has 1 atom stereocenters. The predicted octanol–water partition coefficient (Wildman–Crippen LogP) is 2.49. The molecule has 2 aromatic heterocycles. The minimum absolute atomic E-state index is 0.0306. The number of likely N-dealkylation sites (N-methyl/N-ethyl adjacent to an activating group) is 1. The van der Waals surface area contributed by atoms with Crippen molar-refractivity contribution >= 4 is 17.4 Å². The van der Waals surface area contributed by atoms with Crippen LogP contribution in [0.25, 0.3) is 0 Å². The first-order chi connectivity index (χ1) is 10.2. The lowest BCUT2D eigenvalue weighted by Gasteiger charge is -2.22. The highest BCUT2D eigenvalue weighted by Crippen LogP contribution is 2.17. The van der Waals surface area contributed by atoms with Crippen LogP contribution in [0.2, 0.25) is 0 Å². The first-order valence-corrected chi connectivity index (χ1v) is 7.78. The second-order valence-electron chi connectivity index (χ2n) is 4.96. The summed E-state index contributed by atoms with van der Waals surface area (Å²) < 4.78 is 5.41. The number of hydrogen-bond acceptors (Lipinski definition) is 4. The molecule has 6 heteroatoms. The second kappa shape index (κ2) is 7.85. The van der Waals surface area contributed by atoms with Crippen LogP contribution in [-0.2, 0) is 6.42 Å². The topological polar surface area (TPSA) is 57.5 Å². The van der Waals surface area contributed by atoms with Crippen molar-refractivity contribution in [2.75, 3.05) is 27.2 Å². The van der Waals surface area contributed by atoms with E-state index in [4.69, 9.17) is 4.42 Å². The molecule has 0 aliphatic carbocycles. The van der Waals surface area contributed by atoms with E-state index >= 15 is 0 Å². The molecule has 0 radical (unpaired) electrons. The van der Waals surface area contributed by atoms with Crippen LogP contribution in [0, 0.1) is 0 Å². The van der Waals surface area contributed by atoms with Crippen molar-refractivity contribution in [2.45, 2.75) is 12.5 Å². The first kappa shape index (κ1) is 15.6. The Kier molecular flexibility index (Phi) is 5.83. The van der Waals surface area contributed by atoms with Gasteiger partial charge >= 0.3 is 6.03 Å². The summed E-state index contributed by atoms with van der Waals surface area (Å²) in [5.41, 5.74) is 0. The summed E-state index contributed by atoms with van der Waals surface area (Å²) in [6.07, 6.45) is 2.51. The predicted molar refractivity (Wildman–Crippen MR) is 84.6 cm³/mol. The largest absolute Gasteiger partial charge is 0.468 e. The van der Waals surface area contributed by atoms with Crippen molar-refractivity contribution in [2.24, 2.45) is 0 Å². The van der Waals surface area contributed by atoms with Crippen LogP contribution in [0.4, 0.5) is 4.79 Å². The smallest absolute Gasteiger partial charge is 0.314 e. The van der Waals surface area contributed by atoms with Gasteiger partial charge in [-0.3, -0.25) is 4.90 Å². The van der Waals surface area contributed by atoms with Crippen molar-refractivity contribution in [1.82, 2.24) is 15.5 Å². The molecule has 2 rings (SSSR count). The van der Waals surface area contributed by atoms with Crippen molar-refractivity contribution in [3.05, 3.63) is 46.5 Å². The van der Waals surface area contributed by atoms with Crippen LogP contribution >= 0.6 is 11.3 Å². The van der Waals surface area contributed by atoms with Gasteiger partial charge in [0.1, 0.15) is 5.76 Å². The monoisotopic (exact) mass is 307 g/mol. The molecule has 0 aliphatic heterocycles. The molecule has 0 aromatic carbocycles. The molecule has 0 aliphatic rings. The SMILES string of the molecule is CN(C)C(CNC(=O)NCCc1cccs1)c1ccco1. The number of nitrogens with zero attached hydrogens (tertiary/aromatic N) is 1. The number of hydrogen-bond donors (Lipinski definition) is 2. The summed E-state index contributed by atoms with van der Waals surface area (Å²) in [5, 5.41) is 7.79. The maximum atomic E-state index is 11.8. The summed E-state index contributed by atoms with van der Waals surface area (Å²) in [6, 6.07) is 7.75.